The molecule has 0 unspecified atom stereocenters. The van der Waals surface area contributed by atoms with Crippen LogP contribution in [0.15, 0.2) is 48.7 Å². The highest BCUT2D eigenvalue weighted by atomic mass is 16.6. The van der Waals surface area contributed by atoms with Crippen molar-refractivity contribution in [2.24, 2.45) is 0 Å². The largest absolute Gasteiger partial charge is 0.443 e. The number of allylic oxidation sites excluding steroid dienone is 1. The first-order valence-electron chi connectivity index (χ1n) is 6.90. The number of benzene rings is 1. The van der Waals surface area contributed by atoms with Gasteiger partial charge in [0.25, 0.3) is 0 Å². The molecule has 0 fully saturated rings. The van der Waals surface area contributed by atoms with Crippen molar-refractivity contribution in [2.75, 3.05) is 6.61 Å². The van der Waals surface area contributed by atoms with Crippen LogP contribution in [0.5, 0.6) is 0 Å². The average molecular weight is 289 g/mol. The molecule has 0 aliphatic heterocycles. The van der Waals surface area contributed by atoms with Crippen LogP contribution in [-0.2, 0) is 4.74 Å². The highest BCUT2D eigenvalue weighted by Gasteiger charge is 2.18. The van der Waals surface area contributed by atoms with Crippen LogP contribution in [0, 0.1) is 0 Å². The number of fused-ring (bicyclic) bond motifs is 1. The fourth-order valence-corrected chi connectivity index (χ4v) is 1.66. The minimum absolute atomic E-state index is 0.163. The quantitative estimate of drug-likeness (QED) is 0.808. The summed E-state index contributed by atoms with van der Waals surface area (Å²) < 4.78 is 6.84. The zero-order valence-corrected chi connectivity index (χ0v) is 13.0. The van der Waals surface area contributed by atoms with Crippen LogP contribution < -0.4 is 0 Å². The van der Waals surface area contributed by atoms with Crippen LogP contribution >= 0.6 is 0 Å². The third-order valence-corrected chi connectivity index (χ3v) is 2.53. The number of aromatic nitrogens is 1. The van der Waals surface area contributed by atoms with Crippen molar-refractivity contribution in [1.82, 2.24) is 4.57 Å². The van der Waals surface area contributed by atoms with E-state index in [-0.39, 0.29) is 12.7 Å². The number of rotatable bonds is 1. The topological polar surface area (TPSA) is 51.5 Å². The highest BCUT2D eigenvalue weighted by molar-refractivity contribution is 5.89. The maximum atomic E-state index is 11.9. The number of aliphatic hydroxyl groups is 1. The molecule has 1 aromatic carbocycles. The van der Waals surface area contributed by atoms with Gasteiger partial charge in [-0.25, -0.2) is 4.79 Å². The number of carbonyl (C=O) groups excluding carboxylic acids is 1. The summed E-state index contributed by atoms with van der Waals surface area (Å²) in [7, 11) is 0. The summed E-state index contributed by atoms with van der Waals surface area (Å²) in [5, 5.41) is 9.01. The summed E-state index contributed by atoms with van der Waals surface area (Å²) in [6.45, 7) is 7.61. The summed E-state index contributed by atoms with van der Waals surface area (Å²) >= 11 is 0. The molecule has 2 aromatic rings. The van der Waals surface area contributed by atoms with E-state index in [1.165, 1.54) is 4.57 Å². The van der Waals surface area contributed by atoms with E-state index in [2.05, 4.69) is 0 Å². The Kier molecular flexibility index (Phi) is 6.18. The number of hydrogen-bond acceptors (Lipinski definition) is 3. The molecule has 4 heteroatoms. The Hall–Kier alpha value is -2.07. The van der Waals surface area contributed by atoms with Crippen LogP contribution in [-0.4, -0.2) is 28.0 Å². The van der Waals surface area contributed by atoms with Crippen LogP contribution in [0.1, 0.15) is 27.7 Å². The third kappa shape index (κ3) is 5.44. The van der Waals surface area contributed by atoms with Crippen LogP contribution in [0.2, 0.25) is 0 Å². The first-order chi connectivity index (χ1) is 9.89. The van der Waals surface area contributed by atoms with E-state index in [1.54, 1.807) is 18.3 Å². The van der Waals surface area contributed by atoms with Crippen molar-refractivity contribution in [3.63, 3.8) is 0 Å². The van der Waals surface area contributed by atoms with E-state index in [0.717, 1.165) is 10.9 Å². The average Bonchev–Trinajstić information content (AvgIpc) is 2.82. The lowest BCUT2D eigenvalue weighted by Crippen LogP contribution is -2.26. The summed E-state index contributed by atoms with van der Waals surface area (Å²) in [5.41, 5.74) is 0.402. The molecule has 1 aromatic heterocycles. The Morgan fingerprint density at radius 2 is 1.95 bits per heavy atom. The summed E-state index contributed by atoms with van der Waals surface area (Å²) in [5.74, 6) is 0. The van der Waals surface area contributed by atoms with Crippen molar-refractivity contribution in [3.05, 3.63) is 48.7 Å². The van der Waals surface area contributed by atoms with Crippen LogP contribution in [0.25, 0.3) is 10.9 Å². The Labute approximate surface area is 125 Å². The predicted molar refractivity (Wildman–Crippen MR) is 85.5 cm³/mol. The van der Waals surface area contributed by atoms with E-state index in [4.69, 9.17) is 9.84 Å². The molecule has 0 amide bonds. The normalized spacial score (nSPS) is 11.3. The van der Waals surface area contributed by atoms with Gasteiger partial charge in [-0.3, -0.25) is 4.57 Å². The number of para-hydroxylation sites is 1. The monoisotopic (exact) mass is 289 g/mol. The molecule has 4 nitrogen and oxygen atoms in total. The van der Waals surface area contributed by atoms with Gasteiger partial charge in [0, 0.05) is 11.6 Å². The fraction of sp³-hybridized carbons (Fsp3) is 0.353. The van der Waals surface area contributed by atoms with Crippen molar-refractivity contribution < 1.29 is 14.6 Å². The zero-order valence-electron chi connectivity index (χ0n) is 13.0. The van der Waals surface area contributed by atoms with E-state index < -0.39 is 5.60 Å². The maximum Gasteiger partial charge on any atom is 0.418 e. The van der Waals surface area contributed by atoms with E-state index in [0.29, 0.717) is 0 Å². The standard InChI is InChI=1S/C13H15NO2.C4H8O/c1-13(2,3)16-12(15)14-9-8-10-6-4-5-7-11(10)14;1-2-3-4-5/h4-9H,1-3H3;2-3,5H,4H2,1H3/b;3-2+. The molecular weight excluding hydrogens is 266 g/mol. The molecule has 114 valence electrons. The van der Waals surface area contributed by atoms with Gasteiger partial charge in [-0.15, -0.1) is 0 Å². The van der Waals surface area contributed by atoms with Crippen molar-refractivity contribution >= 4 is 17.0 Å². The van der Waals surface area contributed by atoms with Gasteiger partial charge in [0.1, 0.15) is 5.60 Å². The van der Waals surface area contributed by atoms with E-state index >= 15 is 0 Å². The molecule has 0 bridgehead atoms. The van der Waals surface area contributed by atoms with Gasteiger partial charge >= 0.3 is 6.09 Å². The number of aliphatic hydroxyl groups excluding tert-OH is 1. The van der Waals surface area contributed by atoms with Crippen molar-refractivity contribution in [3.8, 4) is 0 Å². The second-order valence-corrected chi connectivity index (χ2v) is 5.48. The zero-order chi connectivity index (χ0) is 15.9. The third-order valence-electron chi connectivity index (χ3n) is 2.53. The van der Waals surface area contributed by atoms with Gasteiger partial charge in [-0.2, -0.15) is 0 Å². The highest BCUT2D eigenvalue weighted by Crippen LogP contribution is 2.17. The Balaban J connectivity index is 0.000000383. The van der Waals surface area contributed by atoms with Gasteiger partial charge in [-0.05, 0) is 39.8 Å². The van der Waals surface area contributed by atoms with E-state index in [9.17, 15) is 4.79 Å². The Bertz CT molecular complexity index is 606. The summed E-state index contributed by atoms with van der Waals surface area (Å²) in [4.78, 5) is 11.9. The van der Waals surface area contributed by atoms with Gasteiger partial charge < -0.3 is 9.84 Å². The minimum atomic E-state index is -0.470. The van der Waals surface area contributed by atoms with Gasteiger partial charge in [0.2, 0.25) is 0 Å². The van der Waals surface area contributed by atoms with Gasteiger partial charge in [0.05, 0.1) is 12.1 Å². The molecule has 1 heterocycles. The second kappa shape index (κ2) is 7.64. The predicted octanol–water partition coefficient (Wildman–Crippen LogP) is 3.98. The lowest BCUT2D eigenvalue weighted by atomic mass is 10.2. The molecule has 0 aliphatic carbocycles. The van der Waals surface area contributed by atoms with Gasteiger partial charge in [0.15, 0.2) is 0 Å². The summed E-state index contributed by atoms with van der Waals surface area (Å²) in [6.07, 6.45) is 4.88. The number of hydrogen-bond donors (Lipinski definition) is 1. The summed E-state index contributed by atoms with van der Waals surface area (Å²) in [6, 6.07) is 9.62. The van der Waals surface area contributed by atoms with Crippen molar-refractivity contribution in [1.29, 1.82) is 0 Å². The molecule has 21 heavy (non-hydrogen) atoms. The molecule has 0 aliphatic rings. The number of carbonyl (C=O) groups is 1. The number of ether oxygens (including phenoxy) is 1. The first kappa shape index (κ1) is 17.0. The molecule has 1 N–H and O–H groups in total. The fourth-order valence-electron chi connectivity index (χ4n) is 1.66. The van der Waals surface area contributed by atoms with Crippen LogP contribution in [0.3, 0.4) is 0 Å². The Morgan fingerprint density at radius 3 is 2.48 bits per heavy atom. The Morgan fingerprint density at radius 1 is 1.29 bits per heavy atom. The molecule has 0 saturated heterocycles. The molecule has 2 rings (SSSR count). The molecular formula is C17H23NO3. The molecule has 0 spiro atoms. The molecule has 0 atom stereocenters. The lowest BCUT2D eigenvalue weighted by Gasteiger charge is -2.19. The molecule has 0 saturated carbocycles. The van der Waals surface area contributed by atoms with Crippen LogP contribution in [0.4, 0.5) is 4.79 Å². The SMILES string of the molecule is C/C=C/CO.CC(C)(C)OC(=O)n1ccc2ccccc21. The number of nitrogens with zero attached hydrogens (tertiary/aromatic N) is 1. The smallest absolute Gasteiger partial charge is 0.418 e. The van der Waals surface area contributed by atoms with E-state index in [1.807, 2.05) is 58.0 Å². The van der Waals surface area contributed by atoms with Crippen molar-refractivity contribution in [2.45, 2.75) is 33.3 Å². The minimum Gasteiger partial charge on any atom is -0.443 e. The molecule has 0 radical (unpaired) electrons. The maximum absolute atomic E-state index is 11.9. The second-order valence-electron chi connectivity index (χ2n) is 5.48. The lowest BCUT2D eigenvalue weighted by molar-refractivity contribution is 0.0544. The first-order valence-corrected chi connectivity index (χ1v) is 6.90. The van der Waals surface area contributed by atoms with Gasteiger partial charge in [-0.1, -0.05) is 30.4 Å².